The summed E-state index contributed by atoms with van der Waals surface area (Å²) < 4.78 is 113. The van der Waals surface area contributed by atoms with Gasteiger partial charge in [-0.3, -0.25) is 41.6 Å². The molecule has 3 aromatic rings. The van der Waals surface area contributed by atoms with Crippen LogP contribution in [0.1, 0.15) is 88.0 Å². The zero-order chi connectivity index (χ0) is 60.8. The Bertz CT molecular complexity index is 2950. The number of anilines is 1. The average molecular weight is 1240 g/mol. The summed E-state index contributed by atoms with van der Waals surface area (Å²) in [5.74, 6) is -5.02. The number of aliphatic carboxylic acids is 1. The summed E-state index contributed by atoms with van der Waals surface area (Å²) in [5.41, 5.74) is -2.59. The molecule has 0 spiro atoms. The quantitative estimate of drug-likeness (QED) is 0.0300. The topological polar surface area (TPSA) is 465 Å². The number of aliphatic hydroxyl groups excluding tert-OH is 3. The monoisotopic (exact) mass is 1240 g/mol. The first kappa shape index (κ1) is 66.2. The van der Waals surface area contributed by atoms with Gasteiger partial charge in [-0.1, -0.05) is 32.1 Å². The number of hydrogen-bond acceptors (Lipinski definition) is 23. The van der Waals surface area contributed by atoms with Crippen LogP contribution in [0.5, 0.6) is 0 Å². The third-order valence-corrected chi connectivity index (χ3v) is 16.6. The van der Waals surface area contributed by atoms with E-state index in [0.717, 1.165) is 62.4 Å². The fourth-order valence-electron chi connectivity index (χ4n) is 10.7. The number of carbonyl (C=O) groups excluding carboxylic acids is 4. The van der Waals surface area contributed by atoms with Crippen molar-refractivity contribution in [2.75, 3.05) is 51.4 Å². The highest BCUT2D eigenvalue weighted by Crippen LogP contribution is 2.38. The molecule has 2 aliphatic heterocycles. The molecule has 0 bridgehead atoms. The number of hydrogen-bond donors (Lipinski definition) is 10. The second-order valence-corrected chi connectivity index (χ2v) is 23.5. The maximum absolute atomic E-state index is 14.1. The lowest BCUT2D eigenvalue weighted by Gasteiger charge is -2.46. The van der Waals surface area contributed by atoms with E-state index in [0.29, 0.717) is 0 Å². The van der Waals surface area contributed by atoms with Gasteiger partial charge in [0.05, 0.1) is 62.1 Å². The van der Waals surface area contributed by atoms with Gasteiger partial charge in [-0.05, 0) is 95.0 Å². The van der Waals surface area contributed by atoms with Gasteiger partial charge in [0, 0.05) is 64.4 Å². The lowest BCUT2D eigenvalue weighted by molar-refractivity contribution is -0.302. The van der Waals surface area contributed by atoms with E-state index in [4.69, 9.17) is 33.2 Å². The van der Waals surface area contributed by atoms with Gasteiger partial charge in [-0.15, -0.1) is 0 Å². The molecule has 9 unspecified atom stereocenters. The number of H-pyrrole nitrogens is 2. The summed E-state index contributed by atoms with van der Waals surface area (Å²) in [7, 11) is 0. The van der Waals surface area contributed by atoms with E-state index in [1.165, 1.54) is 6.92 Å². The average Bonchev–Trinajstić information content (AvgIpc) is 1.76. The number of rotatable bonds is 27. The lowest BCUT2D eigenvalue weighted by Crippen LogP contribution is -2.60. The van der Waals surface area contributed by atoms with E-state index < -0.39 is 183 Å². The zero-order valence-corrected chi connectivity index (χ0v) is 47.7. The molecule has 466 valence electrons. The number of fused-ring (bicyclic) bond motifs is 1. The van der Waals surface area contributed by atoms with Crippen molar-refractivity contribution >= 4 is 79.3 Å². The molecule has 4 aliphatic rings. The van der Waals surface area contributed by atoms with Gasteiger partial charge in [0.1, 0.15) is 31.1 Å². The number of aliphatic hydroxyl groups is 3. The smallest absolute Gasteiger partial charge is 0.332 e. The van der Waals surface area contributed by atoms with Gasteiger partial charge in [0.25, 0.3) is 11.5 Å². The Labute approximate surface area is 487 Å². The fraction of sp³-hybridized carbons (Fsp3) is 0.627. The molecule has 15 atom stereocenters. The van der Waals surface area contributed by atoms with Crippen LogP contribution in [-0.4, -0.2) is 200 Å². The van der Waals surface area contributed by atoms with Crippen molar-refractivity contribution < 1.29 is 104 Å². The van der Waals surface area contributed by atoms with Crippen molar-refractivity contribution in [1.82, 2.24) is 25.9 Å². The van der Waals surface area contributed by atoms with Crippen molar-refractivity contribution in [2.45, 2.75) is 160 Å². The predicted octanol–water partition coefficient (Wildman–Crippen LogP) is -1.72. The molecular weight excluding hydrogens is 1180 g/mol. The highest BCUT2D eigenvalue weighted by molar-refractivity contribution is 7.80. The Morgan fingerprint density at radius 1 is 0.786 bits per heavy atom. The Morgan fingerprint density at radius 2 is 1.45 bits per heavy atom. The lowest BCUT2D eigenvalue weighted by atomic mass is 9.80. The Kier molecular flexibility index (Phi) is 24.7. The maximum Gasteiger partial charge on any atom is 0.332 e. The molecule has 33 heteroatoms. The molecule has 30 nitrogen and oxygen atoms in total. The third-order valence-electron chi connectivity index (χ3n) is 14.6. The summed E-state index contributed by atoms with van der Waals surface area (Å²) in [4.78, 5) is 93.3. The summed E-state index contributed by atoms with van der Waals surface area (Å²) in [6.45, 7) is -0.816. The third kappa shape index (κ3) is 18.8. The van der Waals surface area contributed by atoms with Crippen molar-refractivity contribution in [3.05, 3.63) is 56.9 Å². The molecule has 1 aromatic heterocycles. The maximum atomic E-state index is 14.1. The highest BCUT2D eigenvalue weighted by Gasteiger charge is 2.48. The second-order valence-electron chi connectivity index (χ2n) is 20.7. The molecule has 84 heavy (non-hydrogen) atoms. The first-order valence-electron chi connectivity index (χ1n) is 27.1. The minimum atomic E-state index is -3.01. The number of nitrogens with one attached hydrogen (secondary N) is 6. The molecule has 4 amide bonds. The Morgan fingerprint density at radius 3 is 2.10 bits per heavy atom. The molecule has 2 saturated carbocycles. The van der Waals surface area contributed by atoms with Crippen LogP contribution in [0.2, 0.25) is 0 Å². The number of aromatic amines is 2. The number of aromatic nitrogens is 2. The van der Waals surface area contributed by atoms with Crippen LogP contribution >= 0.6 is 0 Å². The standard InChI is InChI=1S/C51H70N6O24S3/c1-25-46(63)36(59)21-44(77-25)81-47-34(55-49(65)35-20-40(60)57-51(68)56-35)14-28(15-37(47)80-43-17-29(16-30(22-58)79-43)78-38(50(66)67)11-26-5-3-2-4-6-26)48(64)53-8-7-52-41(61)23-75-9-10-76-24-42(62)54-33-18-31(82(69)70)12-27-13-32(83(71)72)19-39(45(27)33)84(73)74/h12-13,18-20,25-26,28-30,34,36-38,43-44,46-47,58-59,63H,2-11,14-17,21-24H2,1H3,(H,52,61)(H,53,64)(H,54,62)(H,55,65)(H,66,67)(H,69,70)(H,71,72)(H,73,74)(H2,56,57,60,68)/p-3/t25?,28?,29?,30-,34-,36-,37?,38+,43+,44+,46?,47?/m1/s1. The van der Waals surface area contributed by atoms with Crippen LogP contribution in [0.25, 0.3) is 10.8 Å². The molecule has 2 aliphatic carbocycles. The largest absolute Gasteiger partial charge is 0.768 e. The van der Waals surface area contributed by atoms with Crippen molar-refractivity contribution in [3.8, 4) is 0 Å². The number of carboxylic acid groups (broad SMARTS) is 1. The van der Waals surface area contributed by atoms with E-state index in [9.17, 15) is 80.3 Å². The van der Waals surface area contributed by atoms with Gasteiger partial charge < -0.3 is 93.5 Å². The van der Waals surface area contributed by atoms with Gasteiger partial charge in [0.15, 0.2) is 18.7 Å². The number of carboxylic acids is 1. The van der Waals surface area contributed by atoms with E-state index >= 15 is 0 Å². The summed E-state index contributed by atoms with van der Waals surface area (Å²) in [6.07, 6.45) is -6.63. The van der Waals surface area contributed by atoms with Gasteiger partial charge in [0.2, 0.25) is 17.7 Å². The Balaban J connectivity index is 0.966. The van der Waals surface area contributed by atoms with Crippen LogP contribution in [0, 0.1) is 11.8 Å². The van der Waals surface area contributed by atoms with E-state index in [2.05, 4.69) is 26.3 Å². The van der Waals surface area contributed by atoms with Crippen LogP contribution < -0.4 is 32.5 Å². The molecule has 2 saturated heterocycles. The number of amides is 4. The first-order chi connectivity index (χ1) is 40.0. The highest BCUT2D eigenvalue weighted by atomic mass is 32.2. The van der Waals surface area contributed by atoms with E-state index in [1.807, 2.05) is 4.98 Å². The van der Waals surface area contributed by atoms with Gasteiger partial charge in [-0.25, -0.2) is 9.59 Å². The molecule has 3 heterocycles. The first-order valence-corrected chi connectivity index (χ1v) is 30.3. The second kappa shape index (κ2) is 31.3. The van der Waals surface area contributed by atoms with Crippen LogP contribution in [0.15, 0.2) is 54.6 Å². The van der Waals surface area contributed by atoms with Crippen LogP contribution in [0.3, 0.4) is 0 Å². The van der Waals surface area contributed by atoms with Crippen molar-refractivity contribution in [3.63, 3.8) is 0 Å². The minimum absolute atomic E-state index is 0.0351. The summed E-state index contributed by atoms with van der Waals surface area (Å²) >= 11 is -8.76. The summed E-state index contributed by atoms with van der Waals surface area (Å²) in [5, 5.41) is 51.9. The predicted molar refractivity (Wildman–Crippen MR) is 287 cm³/mol. The Hall–Kier alpha value is -5.34. The SMILES string of the molecule is CC1O[C@@H](OC2C(O[C@H]3CC(O[C@@H](CC4CCCCC4)C(=O)O)C[C@H](CO)O3)CC(C(=O)NCCNC(=O)COCCOCC(=O)Nc3cc(S(=O)[O-])cc4cc(S(=O)[O-])cc(S(=O)[O-])c34)C[C@H]2NC(=O)c2cc(=O)[nH]c(=O)[nH]2)C[C@@H](O)C1O. The van der Waals surface area contributed by atoms with Gasteiger partial charge in [-0.2, -0.15) is 0 Å². The normalized spacial score (nSPS) is 27.2. The van der Waals surface area contributed by atoms with E-state index in [1.54, 1.807) is 0 Å². The molecule has 0 radical (unpaired) electrons. The zero-order valence-electron chi connectivity index (χ0n) is 45.3. The summed E-state index contributed by atoms with van der Waals surface area (Å²) in [6, 6.07) is 3.54. The number of carbonyl (C=O) groups is 5. The van der Waals surface area contributed by atoms with Crippen molar-refractivity contribution in [2.24, 2.45) is 11.8 Å². The van der Waals surface area contributed by atoms with Crippen LogP contribution in [0.4, 0.5) is 5.69 Å². The molecule has 7 rings (SSSR count). The number of ether oxygens (including phenoxy) is 7. The van der Waals surface area contributed by atoms with Gasteiger partial charge >= 0.3 is 11.7 Å². The molecule has 10 N–H and O–H groups in total. The van der Waals surface area contributed by atoms with Crippen LogP contribution in [-0.2, 0) is 85.6 Å². The van der Waals surface area contributed by atoms with Crippen molar-refractivity contribution in [1.29, 1.82) is 0 Å². The molecule has 2 aromatic carbocycles. The van der Waals surface area contributed by atoms with E-state index in [-0.39, 0.29) is 92.1 Å². The number of benzene rings is 2. The minimum Gasteiger partial charge on any atom is -0.768 e. The molecular formula is C51H67N6O24S3-3. The fourth-order valence-corrected chi connectivity index (χ4v) is 12.2. The molecule has 4 fully saturated rings.